The van der Waals surface area contributed by atoms with Crippen LogP contribution >= 0.6 is 0 Å². The van der Waals surface area contributed by atoms with Gasteiger partial charge in [0.2, 0.25) is 0 Å². The minimum absolute atomic E-state index is 0.0569. The highest BCUT2D eigenvalue weighted by Crippen LogP contribution is 2.28. The fraction of sp³-hybridized carbons (Fsp3) is 0.235. The van der Waals surface area contributed by atoms with Crippen LogP contribution < -0.4 is 14.2 Å². The van der Waals surface area contributed by atoms with Crippen LogP contribution in [-0.4, -0.2) is 35.2 Å². The summed E-state index contributed by atoms with van der Waals surface area (Å²) < 4.78 is 42.6. The number of hydrogen-bond acceptors (Lipinski definition) is 6. The number of nitrogens with one attached hydrogen (secondary N) is 1. The summed E-state index contributed by atoms with van der Waals surface area (Å²) in [5, 5.41) is 0. The van der Waals surface area contributed by atoms with Crippen molar-refractivity contribution in [3.05, 3.63) is 48.0 Å². The summed E-state index contributed by atoms with van der Waals surface area (Å²) in [4.78, 5) is 11.7. The van der Waals surface area contributed by atoms with E-state index in [0.717, 1.165) is 0 Å². The van der Waals surface area contributed by atoms with E-state index in [-0.39, 0.29) is 21.9 Å². The summed E-state index contributed by atoms with van der Waals surface area (Å²) in [6.07, 6.45) is 0. The summed E-state index contributed by atoms with van der Waals surface area (Å²) in [7, 11) is -1.21. The largest absolute Gasteiger partial charge is 0.495 e. The van der Waals surface area contributed by atoms with E-state index in [1.54, 1.807) is 12.1 Å². The monoisotopic (exact) mass is 365 g/mol. The van der Waals surface area contributed by atoms with Crippen LogP contribution in [0.5, 0.6) is 11.5 Å². The van der Waals surface area contributed by atoms with E-state index in [4.69, 9.17) is 9.47 Å². The molecule has 8 heteroatoms. The molecule has 0 fully saturated rings. The number of rotatable bonds is 7. The molecule has 0 saturated heterocycles. The van der Waals surface area contributed by atoms with Crippen LogP contribution in [0.4, 0.5) is 5.69 Å². The molecule has 0 spiro atoms. The quantitative estimate of drug-likeness (QED) is 0.759. The number of sulfonamides is 1. The normalized spacial score (nSPS) is 10.8. The minimum atomic E-state index is -3.86. The van der Waals surface area contributed by atoms with Crippen molar-refractivity contribution in [3.63, 3.8) is 0 Å². The first-order chi connectivity index (χ1) is 11.9. The number of carbonyl (C=O) groups excluding carboxylic acids is 1. The number of hydrogen-bond donors (Lipinski definition) is 1. The molecule has 0 saturated carbocycles. The molecular weight excluding hydrogens is 346 g/mol. The zero-order valence-electron chi connectivity index (χ0n) is 14.1. The second-order valence-electron chi connectivity index (χ2n) is 4.92. The van der Waals surface area contributed by atoms with Gasteiger partial charge >= 0.3 is 5.97 Å². The molecule has 2 aromatic carbocycles. The molecule has 2 rings (SSSR count). The minimum Gasteiger partial charge on any atom is -0.495 e. The Morgan fingerprint density at radius 3 is 2.32 bits per heavy atom. The molecule has 0 bridgehead atoms. The van der Waals surface area contributed by atoms with Gasteiger partial charge in [-0.15, -0.1) is 0 Å². The average Bonchev–Trinajstić information content (AvgIpc) is 2.61. The zero-order chi connectivity index (χ0) is 18.4. The average molecular weight is 365 g/mol. The second-order valence-corrected chi connectivity index (χ2v) is 6.60. The lowest BCUT2D eigenvalue weighted by Crippen LogP contribution is -2.14. The van der Waals surface area contributed by atoms with Gasteiger partial charge in [-0.1, -0.05) is 0 Å². The van der Waals surface area contributed by atoms with Crippen LogP contribution in [-0.2, 0) is 14.8 Å². The summed E-state index contributed by atoms with van der Waals surface area (Å²) in [6, 6.07) is 10.3. The Morgan fingerprint density at radius 2 is 1.76 bits per heavy atom. The van der Waals surface area contributed by atoms with Crippen molar-refractivity contribution >= 4 is 21.7 Å². The van der Waals surface area contributed by atoms with Crippen LogP contribution in [0.2, 0.25) is 0 Å². The lowest BCUT2D eigenvalue weighted by Gasteiger charge is -2.13. The van der Waals surface area contributed by atoms with Crippen molar-refractivity contribution in [3.8, 4) is 11.5 Å². The molecule has 0 heterocycles. The maximum Gasteiger partial charge on any atom is 0.337 e. The summed E-state index contributed by atoms with van der Waals surface area (Å²) >= 11 is 0. The lowest BCUT2D eigenvalue weighted by molar-refractivity contribution is 0.0600. The molecule has 0 aromatic heterocycles. The van der Waals surface area contributed by atoms with Crippen LogP contribution in [0.25, 0.3) is 0 Å². The molecule has 0 unspecified atom stereocenters. The Labute approximate surface area is 146 Å². The maximum absolute atomic E-state index is 12.6. The van der Waals surface area contributed by atoms with Crippen LogP contribution in [0, 0.1) is 0 Å². The third-order valence-corrected chi connectivity index (χ3v) is 4.69. The highest BCUT2D eigenvalue weighted by molar-refractivity contribution is 7.92. The topological polar surface area (TPSA) is 90.9 Å². The molecule has 1 N–H and O–H groups in total. The molecule has 25 heavy (non-hydrogen) atoms. The van der Waals surface area contributed by atoms with Crippen molar-refractivity contribution in [2.45, 2.75) is 11.8 Å². The highest BCUT2D eigenvalue weighted by Gasteiger charge is 2.18. The highest BCUT2D eigenvalue weighted by atomic mass is 32.2. The van der Waals surface area contributed by atoms with Gasteiger partial charge in [-0.25, -0.2) is 13.2 Å². The SMILES string of the molecule is CCOc1ccc(S(=O)(=O)Nc2cc(C(=O)OC)ccc2OC)cc1. The van der Waals surface area contributed by atoms with Gasteiger partial charge in [0.25, 0.3) is 10.0 Å². The summed E-state index contributed by atoms with van der Waals surface area (Å²) in [5.74, 6) is 0.276. The van der Waals surface area contributed by atoms with E-state index >= 15 is 0 Å². The first kappa shape index (κ1) is 18.6. The van der Waals surface area contributed by atoms with Crippen molar-refractivity contribution < 1.29 is 27.4 Å². The number of ether oxygens (including phenoxy) is 3. The molecule has 0 aliphatic rings. The van der Waals surface area contributed by atoms with E-state index in [2.05, 4.69) is 9.46 Å². The molecular formula is C17H19NO6S. The second kappa shape index (κ2) is 7.89. The zero-order valence-corrected chi connectivity index (χ0v) is 14.9. The Morgan fingerprint density at radius 1 is 1.08 bits per heavy atom. The first-order valence-electron chi connectivity index (χ1n) is 7.43. The van der Waals surface area contributed by atoms with E-state index in [0.29, 0.717) is 12.4 Å². The fourth-order valence-corrected chi connectivity index (χ4v) is 3.18. The van der Waals surface area contributed by atoms with E-state index < -0.39 is 16.0 Å². The smallest absolute Gasteiger partial charge is 0.337 e. The van der Waals surface area contributed by atoms with E-state index in [1.165, 1.54) is 44.6 Å². The van der Waals surface area contributed by atoms with Crippen molar-refractivity contribution in [1.82, 2.24) is 0 Å². The number of benzene rings is 2. The van der Waals surface area contributed by atoms with Crippen molar-refractivity contribution in [1.29, 1.82) is 0 Å². The molecule has 0 aliphatic heterocycles. The van der Waals surface area contributed by atoms with E-state index in [9.17, 15) is 13.2 Å². The van der Waals surface area contributed by atoms with Gasteiger partial charge in [0, 0.05) is 0 Å². The van der Waals surface area contributed by atoms with Crippen molar-refractivity contribution in [2.75, 3.05) is 25.5 Å². The predicted octanol–water partition coefficient (Wildman–Crippen LogP) is 2.68. The Hall–Kier alpha value is -2.74. The molecule has 0 aliphatic carbocycles. The van der Waals surface area contributed by atoms with E-state index in [1.807, 2.05) is 6.92 Å². The van der Waals surface area contributed by atoms with Crippen molar-refractivity contribution in [2.24, 2.45) is 0 Å². The number of carbonyl (C=O) groups is 1. The van der Waals surface area contributed by atoms with Gasteiger partial charge in [-0.3, -0.25) is 4.72 Å². The third-order valence-electron chi connectivity index (χ3n) is 3.31. The van der Waals surface area contributed by atoms with Crippen LogP contribution in [0.3, 0.4) is 0 Å². The van der Waals surface area contributed by atoms with Gasteiger partial charge in [-0.05, 0) is 49.4 Å². The molecule has 0 amide bonds. The molecule has 7 nitrogen and oxygen atoms in total. The van der Waals surface area contributed by atoms with Crippen LogP contribution in [0.1, 0.15) is 17.3 Å². The Bertz CT molecular complexity index is 846. The Balaban J connectivity index is 2.34. The predicted molar refractivity (Wildman–Crippen MR) is 92.8 cm³/mol. The van der Waals surface area contributed by atoms with Gasteiger partial charge < -0.3 is 14.2 Å². The number of methoxy groups -OCH3 is 2. The van der Waals surface area contributed by atoms with Gasteiger partial charge in [0.15, 0.2) is 0 Å². The van der Waals surface area contributed by atoms with Gasteiger partial charge in [0.1, 0.15) is 11.5 Å². The number of anilines is 1. The fourth-order valence-electron chi connectivity index (χ4n) is 2.12. The summed E-state index contributed by atoms with van der Waals surface area (Å²) in [6.45, 7) is 2.33. The molecule has 0 atom stereocenters. The maximum atomic E-state index is 12.6. The standard InChI is InChI=1S/C17H19NO6S/c1-4-24-13-6-8-14(9-7-13)25(20,21)18-15-11-12(17(19)23-3)5-10-16(15)22-2/h5-11,18H,4H2,1-3H3. The third kappa shape index (κ3) is 4.42. The Kier molecular flexibility index (Phi) is 5.87. The van der Waals surface area contributed by atoms with Crippen LogP contribution in [0.15, 0.2) is 47.4 Å². The van der Waals surface area contributed by atoms with Gasteiger partial charge in [-0.2, -0.15) is 0 Å². The summed E-state index contributed by atoms with van der Waals surface area (Å²) in [5.41, 5.74) is 0.340. The molecule has 134 valence electrons. The first-order valence-corrected chi connectivity index (χ1v) is 8.91. The molecule has 0 radical (unpaired) electrons. The lowest BCUT2D eigenvalue weighted by atomic mass is 10.2. The number of esters is 1. The molecule has 2 aromatic rings. The van der Waals surface area contributed by atoms with Gasteiger partial charge in [0.05, 0.1) is 37.0 Å².